The highest BCUT2D eigenvalue weighted by Crippen LogP contribution is 2.00. The van der Waals surface area contributed by atoms with Crippen LogP contribution >= 0.6 is 0 Å². The van der Waals surface area contributed by atoms with E-state index in [-0.39, 0.29) is 0 Å². The number of nitrogens with one attached hydrogen (secondary N) is 1. The van der Waals surface area contributed by atoms with Gasteiger partial charge in [0.15, 0.2) is 0 Å². The van der Waals surface area contributed by atoms with Crippen molar-refractivity contribution < 1.29 is 0 Å². The molecule has 2 nitrogen and oxygen atoms in total. The zero-order valence-electron chi connectivity index (χ0n) is 5.78. The van der Waals surface area contributed by atoms with Gasteiger partial charge in [0, 0.05) is 19.6 Å². The van der Waals surface area contributed by atoms with Gasteiger partial charge in [0.2, 0.25) is 0 Å². The maximum Gasteiger partial charge on any atom is 0.143 e. The molecule has 0 aromatic carbocycles. The highest BCUT2D eigenvalue weighted by molar-refractivity contribution is 4.94. The minimum Gasteiger partial charge on any atom is -0.292 e. The van der Waals surface area contributed by atoms with Crippen LogP contribution in [0.15, 0.2) is 12.2 Å². The van der Waals surface area contributed by atoms with Gasteiger partial charge in [-0.1, -0.05) is 12.2 Å². The van der Waals surface area contributed by atoms with Crippen molar-refractivity contribution in [1.29, 1.82) is 0 Å². The fourth-order valence-electron chi connectivity index (χ4n) is 0.859. The minimum atomic E-state index is 0.938. The molecule has 1 saturated heterocycles. The molecule has 2 radical (unpaired) electrons. The summed E-state index contributed by atoms with van der Waals surface area (Å²) in [5, 5.41) is 3.01. The van der Waals surface area contributed by atoms with Crippen LogP contribution in [0.4, 0.5) is 0 Å². The zero-order valence-corrected chi connectivity index (χ0v) is 5.78. The standard InChI is InChI=1S/C7H12N2/c1-7(2)5-9-4-3-8-6-9/h8H,1,3-5H2,2H3. The largest absolute Gasteiger partial charge is 0.292 e. The normalized spacial score (nSPS) is 20.6. The molecule has 0 atom stereocenters. The number of hydrogen-bond donors (Lipinski definition) is 1. The van der Waals surface area contributed by atoms with Crippen molar-refractivity contribution in [2.24, 2.45) is 0 Å². The van der Waals surface area contributed by atoms with Crippen LogP contribution in [0.1, 0.15) is 6.92 Å². The fourth-order valence-corrected chi connectivity index (χ4v) is 0.859. The van der Waals surface area contributed by atoms with Gasteiger partial charge in [0.05, 0.1) is 0 Å². The third-order valence-corrected chi connectivity index (χ3v) is 1.20. The fraction of sp³-hybridized carbons (Fsp3) is 0.571. The first kappa shape index (κ1) is 6.78. The summed E-state index contributed by atoms with van der Waals surface area (Å²) >= 11 is 0. The summed E-state index contributed by atoms with van der Waals surface area (Å²) in [5.74, 6) is 0. The minimum absolute atomic E-state index is 0.938. The van der Waals surface area contributed by atoms with Crippen molar-refractivity contribution in [1.82, 2.24) is 10.2 Å². The molecule has 50 valence electrons. The van der Waals surface area contributed by atoms with Gasteiger partial charge in [-0.2, -0.15) is 0 Å². The van der Waals surface area contributed by atoms with Crippen molar-refractivity contribution in [3.05, 3.63) is 18.8 Å². The average molecular weight is 124 g/mol. The van der Waals surface area contributed by atoms with E-state index >= 15 is 0 Å². The molecule has 1 aliphatic heterocycles. The van der Waals surface area contributed by atoms with E-state index in [0.29, 0.717) is 0 Å². The first-order chi connectivity index (χ1) is 4.29. The van der Waals surface area contributed by atoms with Gasteiger partial charge in [0.1, 0.15) is 6.67 Å². The van der Waals surface area contributed by atoms with Gasteiger partial charge in [-0.3, -0.25) is 10.2 Å². The summed E-state index contributed by atoms with van der Waals surface area (Å²) in [6, 6.07) is 0. The summed E-state index contributed by atoms with van der Waals surface area (Å²) in [4.78, 5) is 2.10. The van der Waals surface area contributed by atoms with Crippen molar-refractivity contribution in [2.45, 2.75) is 6.92 Å². The van der Waals surface area contributed by atoms with Gasteiger partial charge in [-0.15, -0.1) is 0 Å². The topological polar surface area (TPSA) is 15.3 Å². The Morgan fingerprint density at radius 3 is 3.11 bits per heavy atom. The first-order valence-electron chi connectivity index (χ1n) is 3.17. The summed E-state index contributed by atoms with van der Waals surface area (Å²) < 4.78 is 0. The molecule has 0 aromatic rings. The van der Waals surface area contributed by atoms with Crippen molar-refractivity contribution in [3.63, 3.8) is 0 Å². The van der Waals surface area contributed by atoms with Crippen molar-refractivity contribution >= 4 is 0 Å². The molecule has 0 aromatic heterocycles. The second kappa shape index (κ2) is 2.99. The highest BCUT2D eigenvalue weighted by Gasteiger charge is 2.10. The predicted octanol–water partition coefficient (Wildman–Crippen LogP) is 0.464. The van der Waals surface area contributed by atoms with Gasteiger partial charge in [-0.25, -0.2) is 0 Å². The number of rotatable bonds is 2. The Labute approximate surface area is 56.5 Å². The van der Waals surface area contributed by atoms with Crippen molar-refractivity contribution in [3.8, 4) is 0 Å². The van der Waals surface area contributed by atoms with E-state index in [1.54, 1.807) is 0 Å². The monoisotopic (exact) mass is 124 g/mol. The summed E-state index contributed by atoms with van der Waals surface area (Å²) in [6.45, 7) is 11.9. The van der Waals surface area contributed by atoms with E-state index in [9.17, 15) is 0 Å². The lowest BCUT2D eigenvalue weighted by Crippen LogP contribution is -2.18. The molecule has 1 aliphatic rings. The van der Waals surface area contributed by atoms with Gasteiger partial charge in [0.25, 0.3) is 0 Å². The van der Waals surface area contributed by atoms with Crippen LogP contribution in [0.25, 0.3) is 0 Å². The molecule has 1 fully saturated rings. The summed E-state index contributed by atoms with van der Waals surface area (Å²) in [7, 11) is 0. The number of hydrogen-bond acceptors (Lipinski definition) is 2. The summed E-state index contributed by atoms with van der Waals surface area (Å²) in [6.07, 6.45) is 0. The van der Waals surface area contributed by atoms with Crippen LogP contribution in [0, 0.1) is 6.67 Å². The Balaban J connectivity index is 2.19. The van der Waals surface area contributed by atoms with Crippen LogP contribution < -0.4 is 5.32 Å². The second-order valence-electron chi connectivity index (χ2n) is 2.42. The molecule has 1 N–H and O–H groups in total. The zero-order chi connectivity index (χ0) is 6.69. The lowest BCUT2D eigenvalue weighted by molar-refractivity contribution is 0.421. The lowest BCUT2D eigenvalue weighted by atomic mass is 10.3. The quantitative estimate of drug-likeness (QED) is 0.538. The van der Waals surface area contributed by atoms with E-state index in [0.717, 1.165) is 19.6 Å². The summed E-state index contributed by atoms with van der Waals surface area (Å²) in [5.41, 5.74) is 1.19. The first-order valence-corrected chi connectivity index (χ1v) is 3.17. The second-order valence-corrected chi connectivity index (χ2v) is 2.42. The number of nitrogens with zero attached hydrogens (tertiary/aromatic N) is 1. The third kappa shape index (κ3) is 2.16. The molecule has 0 saturated carbocycles. The average Bonchev–Trinajstić information content (AvgIpc) is 2.15. The maximum absolute atomic E-state index is 3.81. The van der Waals surface area contributed by atoms with Crippen LogP contribution in [-0.2, 0) is 0 Å². The predicted molar refractivity (Wildman–Crippen MR) is 37.6 cm³/mol. The molecular weight excluding hydrogens is 112 g/mol. The van der Waals surface area contributed by atoms with Crippen LogP contribution in [0.2, 0.25) is 0 Å². The van der Waals surface area contributed by atoms with E-state index in [4.69, 9.17) is 0 Å². The van der Waals surface area contributed by atoms with Gasteiger partial charge >= 0.3 is 0 Å². The third-order valence-electron chi connectivity index (χ3n) is 1.20. The van der Waals surface area contributed by atoms with E-state index in [2.05, 4.69) is 23.5 Å². The SMILES string of the molecule is C=C(C)CN1[C]NCC1. The Bertz CT molecular complexity index is 103. The Hall–Kier alpha value is -0.340. The molecule has 1 heterocycles. The molecule has 0 unspecified atom stereocenters. The molecule has 0 aliphatic carbocycles. The van der Waals surface area contributed by atoms with Crippen molar-refractivity contribution in [2.75, 3.05) is 19.6 Å². The van der Waals surface area contributed by atoms with Crippen LogP contribution in [0.3, 0.4) is 0 Å². The molecule has 0 bridgehead atoms. The molecule has 0 spiro atoms. The Morgan fingerprint density at radius 1 is 1.89 bits per heavy atom. The van der Waals surface area contributed by atoms with E-state index in [1.165, 1.54) is 5.57 Å². The Kier molecular flexibility index (Phi) is 2.25. The van der Waals surface area contributed by atoms with Gasteiger partial charge in [-0.05, 0) is 6.92 Å². The maximum atomic E-state index is 3.81. The van der Waals surface area contributed by atoms with E-state index < -0.39 is 0 Å². The molecular formula is C7H12N2. The molecule has 1 rings (SSSR count). The lowest BCUT2D eigenvalue weighted by Gasteiger charge is -2.10. The molecule has 0 amide bonds. The van der Waals surface area contributed by atoms with Crippen LogP contribution in [-0.4, -0.2) is 24.5 Å². The Morgan fingerprint density at radius 2 is 2.67 bits per heavy atom. The molecule has 9 heavy (non-hydrogen) atoms. The smallest absolute Gasteiger partial charge is 0.143 e. The molecule has 2 heteroatoms. The van der Waals surface area contributed by atoms with Gasteiger partial charge < -0.3 is 0 Å². The van der Waals surface area contributed by atoms with Crippen LogP contribution in [0.5, 0.6) is 0 Å². The highest BCUT2D eigenvalue weighted by atomic mass is 15.3. The van der Waals surface area contributed by atoms with E-state index in [1.807, 2.05) is 6.92 Å².